The molecule has 0 spiro atoms. The second kappa shape index (κ2) is 6.62. The molecular weight excluding hydrogens is 282 g/mol. The van der Waals surface area contributed by atoms with Crippen molar-refractivity contribution >= 4 is 17.5 Å². The SMILES string of the molecule is CC(C)(C)C(O)CNC(=O)C(=O)Nc1ccc(F)cc1F. The minimum Gasteiger partial charge on any atom is -0.391 e. The molecular formula is C14H18F2N2O3. The number of carbonyl (C=O) groups is 2. The molecule has 0 heterocycles. The number of hydrogen-bond donors (Lipinski definition) is 3. The number of rotatable bonds is 3. The van der Waals surface area contributed by atoms with Gasteiger partial charge < -0.3 is 15.7 Å². The highest BCUT2D eigenvalue weighted by Crippen LogP contribution is 2.18. The highest BCUT2D eigenvalue weighted by Gasteiger charge is 2.24. The van der Waals surface area contributed by atoms with E-state index in [2.05, 4.69) is 5.32 Å². The number of aliphatic hydroxyl groups is 1. The molecule has 1 unspecified atom stereocenters. The molecule has 2 amide bonds. The molecule has 0 bridgehead atoms. The molecule has 0 aliphatic heterocycles. The van der Waals surface area contributed by atoms with Crippen LogP contribution in [-0.2, 0) is 9.59 Å². The largest absolute Gasteiger partial charge is 0.391 e. The van der Waals surface area contributed by atoms with Gasteiger partial charge in [0, 0.05) is 12.6 Å². The van der Waals surface area contributed by atoms with Gasteiger partial charge in [-0.05, 0) is 17.5 Å². The maximum Gasteiger partial charge on any atom is 0.313 e. The van der Waals surface area contributed by atoms with Crippen LogP contribution in [0, 0.1) is 17.0 Å². The zero-order chi connectivity index (χ0) is 16.2. The van der Waals surface area contributed by atoms with E-state index in [1.54, 1.807) is 20.8 Å². The van der Waals surface area contributed by atoms with Crippen molar-refractivity contribution in [1.82, 2.24) is 5.32 Å². The third kappa shape index (κ3) is 5.11. The molecule has 5 nitrogen and oxygen atoms in total. The quantitative estimate of drug-likeness (QED) is 0.739. The molecule has 7 heteroatoms. The standard InChI is InChI=1S/C14H18F2N2O3/c1-14(2,3)11(19)7-17-12(20)13(21)18-10-5-4-8(15)6-9(10)16/h4-6,11,19H,7H2,1-3H3,(H,17,20)(H,18,21). The number of carbonyl (C=O) groups excluding carboxylic acids is 2. The van der Waals surface area contributed by atoms with Crippen LogP contribution in [0.15, 0.2) is 18.2 Å². The lowest BCUT2D eigenvalue weighted by molar-refractivity contribution is -0.136. The predicted molar refractivity (Wildman–Crippen MR) is 73.5 cm³/mol. The molecule has 1 rings (SSSR count). The van der Waals surface area contributed by atoms with Gasteiger partial charge >= 0.3 is 11.8 Å². The molecule has 1 atom stereocenters. The van der Waals surface area contributed by atoms with E-state index in [1.165, 1.54) is 0 Å². The number of nitrogens with one attached hydrogen (secondary N) is 2. The van der Waals surface area contributed by atoms with Crippen LogP contribution in [-0.4, -0.2) is 29.6 Å². The van der Waals surface area contributed by atoms with Crippen molar-refractivity contribution in [3.05, 3.63) is 29.8 Å². The van der Waals surface area contributed by atoms with E-state index in [1.807, 2.05) is 5.32 Å². The van der Waals surface area contributed by atoms with Crippen molar-refractivity contribution < 1.29 is 23.5 Å². The van der Waals surface area contributed by atoms with Gasteiger partial charge in [0.15, 0.2) is 0 Å². The number of halogens is 2. The van der Waals surface area contributed by atoms with Gasteiger partial charge in [-0.15, -0.1) is 0 Å². The topological polar surface area (TPSA) is 78.4 Å². The normalized spacial score (nSPS) is 12.7. The van der Waals surface area contributed by atoms with E-state index in [4.69, 9.17) is 0 Å². The summed E-state index contributed by atoms with van der Waals surface area (Å²) in [5, 5.41) is 14.0. The molecule has 0 aromatic heterocycles. The maximum absolute atomic E-state index is 13.3. The van der Waals surface area contributed by atoms with Gasteiger partial charge in [-0.1, -0.05) is 20.8 Å². The summed E-state index contributed by atoms with van der Waals surface area (Å²) in [5.74, 6) is -3.88. The lowest BCUT2D eigenvalue weighted by Gasteiger charge is -2.25. The second-order valence-electron chi connectivity index (χ2n) is 5.67. The third-order valence-corrected chi connectivity index (χ3v) is 2.84. The number of amides is 2. The van der Waals surface area contributed by atoms with Gasteiger partial charge in [-0.3, -0.25) is 9.59 Å². The number of benzene rings is 1. The van der Waals surface area contributed by atoms with Crippen molar-refractivity contribution in [1.29, 1.82) is 0 Å². The molecule has 0 saturated carbocycles. The van der Waals surface area contributed by atoms with E-state index in [9.17, 15) is 23.5 Å². The fourth-order valence-corrected chi connectivity index (χ4v) is 1.35. The summed E-state index contributed by atoms with van der Waals surface area (Å²) in [5.41, 5.74) is -0.750. The van der Waals surface area contributed by atoms with Crippen molar-refractivity contribution in [2.45, 2.75) is 26.9 Å². The lowest BCUT2D eigenvalue weighted by Crippen LogP contribution is -2.43. The first-order chi connectivity index (χ1) is 9.61. The Bertz CT molecular complexity index is 542. The summed E-state index contributed by atoms with van der Waals surface area (Å²) in [6.07, 6.45) is -0.836. The summed E-state index contributed by atoms with van der Waals surface area (Å²) in [6.45, 7) is 5.22. The molecule has 116 valence electrons. The van der Waals surface area contributed by atoms with E-state index < -0.39 is 35.0 Å². The maximum atomic E-state index is 13.3. The molecule has 1 aromatic carbocycles. The first kappa shape index (κ1) is 17.0. The molecule has 0 aliphatic carbocycles. The Balaban J connectivity index is 2.57. The fraction of sp³-hybridized carbons (Fsp3) is 0.429. The minimum atomic E-state index is -1.10. The first-order valence-electron chi connectivity index (χ1n) is 6.33. The van der Waals surface area contributed by atoms with Crippen LogP contribution in [0.25, 0.3) is 0 Å². The van der Waals surface area contributed by atoms with Crippen LogP contribution in [0.3, 0.4) is 0 Å². The van der Waals surface area contributed by atoms with Gasteiger partial charge in [0.2, 0.25) is 0 Å². The van der Waals surface area contributed by atoms with Crippen LogP contribution < -0.4 is 10.6 Å². The van der Waals surface area contributed by atoms with Crippen molar-refractivity contribution in [3.63, 3.8) is 0 Å². The Morgan fingerprint density at radius 2 is 1.86 bits per heavy atom. The number of aliphatic hydroxyl groups excluding tert-OH is 1. The summed E-state index contributed by atoms with van der Waals surface area (Å²) in [7, 11) is 0. The van der Waals surface area contributed by atoms with Gasteiger partial charge in [-0.25, -0.2) is 8.78 Å². The third-order valence-electron chi connectivity index (χ3n) is 2.84. The second-order valence-corrected chi connectivity index (χ2v) is 5.67. The van der Waals surface area contributed by atoms with E-state index in [-0.39, 0.29) is 12.2 Å². The van der Waals surface area contributed by atoms with E-state index in [0.717, 1.165) is 12.1 Å². The fourth-order valence-electron chi connectivity index (χ4n) is 1.35. The molecule has 0 saturated heterocycles. The van der Waals surface area contributed by atoms with Crippen molar-refractivity contribution in [2.24, 2.45) is 5.41 Å². The molecule has 1 aromatic rings. The van der Waals surface area contributed by atoms with Crippen LogP contribution >= 0.6 is 0 Å². The number of hydrogen-bond acceptors (Lipinski definition) is 3. The van der Waals surface area contributed by atoms with E-state index >= 15 is 0 Å². The van der Waals surface area contributed by atoms with Crippen LogP contribution in [0.4, 0.5) is 14.5 Å². The number of anilines is 1. The average molecular weight is 300 g/mol. The molecule has 0 fully saturated rings. The van der Waals surface area contributed by atoms with E-state index in [0.29, 0.717) is 6.07 Å². The summed E-state index contributed by atoms with van der Waals surface area (Å²) in [4.78, 5) is 23.1. The summed E-state index contributed by atoms with van der Waals surface area (Å²) < 4.78 is 26.0. The zero-order valence-electron chi connectivity index (χ0n) is 12.0. The minimum absolute atomic E-state index is 0.109. The molecule has 21 heavy (non-hydrogen) atoms. The average Bonchev–Trinajstić information content (AvgIpc) is 2.37. The Labute approximate surface area is 121 Å². The Kier molecular flexibility index (Phi) is 5.37. The molecule has 0 radical (unpaired) electrons. The van der Waals surface area contributed by atoms with Gasteiger partial charge in [0.1, 0.15) is 11.6 Å². The zero-order valence-corrected chi connectivity index (χ0v) is 12.0. The van der Waals surface area contributed by atoms with Crippen molar-refractivity contribution in [2.75, 3.05) is 11.9 Å². The lowest BCUT2D eigenvalue weighted by atomic mass is 9.89. The summed E-state index contributed by atoms with van der Waals surface area (Å²) in [6, 6.07) is 2.57. The Morgan fingerprint density at radius 3 is 2.38 bits per heavy atom. The van der Waals surface area contributed by atoms with Gasteiger partial charge in [0.05, 0.1) is 11.8 Å². The molecule has 0 aliphatic rings. The monoisotopic (exact) mass is 300 g/mol. The van der Waals surface area contributed by atoms with Crippen LogP contribution in [0.1, 0.15) is 20.8 Å². The highest BCUT2D eigenvalue weighted by molar-refractivity contribution is 6.39. The Morgan fingerprint density at radius 1 is 1.24 bits per heavy atom. The van der Waals surface area contributed by atoms with Gasteiger partial charge in [0.25, 0.3) is 0 Å². The smallest absolute Gasteiger partial charge is 0.313 e. The first-order valence-corrected chi connectivity index (χ1v) is 6.33. The predicted octanol–water partition coefficient (Wildman–Crippen LogP) is 1.43. The molecule has 3 N–H and O–H groups in total. The highest BCUT2D eigenvalue weighted by atomic mass is 19.1. The van der Waals surface area contributed by atoms with Crippen LogP contribution in [0.5, 0.6) is 0 Å². The Hall–Kier alpha value is -2.02. The summed E-state index contributed by atoms with van der Waals surface area (Å²) >= 11 is 0. The van der Waals surface area contributed by atoms with Crippen molar-refractivity contribution in [3.8, 4) is 0 Å². The van der Waals surface area contributed by atoms with Gasteiger partial charge in [-0.2, -0.15) is 0 Å². The van der Waals surface area contributed by atoms with Crippen LogP contribution in [0.2, 0.25) is 0 Å².